The molecule has 0 aromatic heterocycles. The first-order chi connectivity index (χ1) is 24.8. The van der Waals surface area contributed by atoms with Crippen molar-refractivity contribution in [2.45, 2.75) is 15.2 Å². The Labute approximate surface area is 294 Å². The number of rotatable bonds is 1. The second kappa shape index (κ2) is 9.63. The summed E-state index contributed by atoms with van der Waals surface area (Å²) in [5.74, 6) is 0. The van der Waals surface area contributed by atoms with Gasteiger partial charge in [0.2, 0.25) is 0 Å². The standard InChI is InChI=1S/C49H28S/c1-3-13-31-29(11-1)23-25-38-39-26-24-30-12-2-4-14-32(30)48(39)49(47(31)38)41-20-7-5-16-40(41)45-35(19-10-21-42(45)49)33-27-28-44-46-36(33)17-9-18-37(46)34-15-6-8-22-43(34)50-44/h1-28H. The molecule has 9 aromatic carbocycles. The monoisotopic (exact) mass is 648 g/mol. The van der Waals surface area contributed by atoms with E-state index in [9.17, 15) is 0 Å². The lowest BCUT2D eigenvalue weighted by atomic mass is 9.68. The van der Waals surface area contributed by atoms with Crippen molar-refractivity contribution in [3.05, 3.63) is 192 Å². The highest BCUT2D eigenvalue weighted by molar-refractivity contribution is 7.99. The van der Waals surface area contributed by atoms with E-state index in [0.717, 1.165) is 0 Å². The largest absolute Gasteiger partial charge is 0.0888 e. The first-order valence-electron chi connectivity index (χ1n) is 17.4. The van der Waals surface area contributed by atoms with Gasteiger partial charge in [-0.1, -0.05) is 169 Å². The van der Waals surface area contributed by atoms with Crippen LogP contribution in [0.2, 0.25) is 0 Å². The van der Waals surface area contributed by atoms with Crippen molar-refractivity contribution in [2.24, 2.45) is 0 Å². The molecule has 12 rings (SSSR count). The third kappa shape index (κ3) is 3.20. The van der Waals surface area contributed by atoms with Gasteiger partial charge in [0, 0.05) is 15.2 Å². The first-order valence-corrected chi connectivity index (χ1v) is 18.3. The van der Waals surface area contributed by atoms with Gasteiger partial charge in [-0.3, -0.25) is 0 Å². The van der Waals surface area contributed by atoms with E-state index in [0.29, 0.717) is 0 Å². The van der Waals surface area contributed by atoms with Gasteiger partial charge in [0.25, 0.3) is 0 Å². The van der Waals surface area contributed by atoms with Crippen molar-refractivity contribution >= 4 is 44.1 Å². The summed E-state index contributed by atoms with van der Waals surface area (Å²) in [5.41, 5.74) is 15.7. The van der Waals surface area contributed by atoms with E-state index < -0.39 is 5.41 Å². The molecule has 0 N–H and O–H groups in total. The molecule has 0 saturated heterocycles. The number of hydrogen-bond donors (Lipinski definition) is 0. The van der Waals surface area contributed by atoms with Crippen LogP contribution in [-0.4, -0.2) is 0 Å². The molecule has 1 heteroatoms. The van der Waals surface area contributed by atoms with Crippen LogP contribution in [0.5, 0.6) is 0 Å². The number of hydrogen-bond acceptors (Lipinski definition) is 1. The Morgan fingerprint density at radius 2 is 0.880 bits per heavy atom. The van der Waals surface area contributed by atoms with Crippen molar-refractivity contribution < 1.29 is 0 Å². The van der Waals surface area contributed by atoms with E-state index in [1.807, 2.05) is 11.8 Å². The summed E-state index contributed by atoms with van der Waals surface area (Å²) in [6.45, 7) is 0. The van der Waals surface area contributed by atoms with E-state index in [-0.39, 0.29) is 0 Å². The maximum absolute atomic E-state index is 2.43. The summed E-state index contributed by atoms with van der Waals surface area (Å²) < 4.78 is 0. The van der Waals surface area contributed by atoms with Crippen LogP contribution in [0.25, 0.3) is 76.8 Å². The van der Waals surface area contributed by atoms with Crippen molar-refractivity contribution in [3.63, 3.8) is 0 Å². The van der Waals surface area contributed by atoms with Crippen LogP contribution in [0, 0.1) is 0 Å². The lowest BCUT2D eigenvalue weighted by Crippen LogP contribution is -2.26. The van der Waals surface area contributed by atoms with Crippen LogP contribution >= 0.6 is 11.8 Å². The topological polar surface area (TPSA) is 0 Å². The Morgan fingerprint density at radius 3 is 1.66 bits per heavy atom. The van der Waals surface area contributed by atoms with Crippen LogP contribution in [0.1, 0.15) is 22.3 Å². The third-order valence-corrected chi connectivity index (χ3v) is 12.8. The molecule has 9 aromatic rings. The van der Waals surface area contributed by atoms with Gasteiger partial charge < -0.3 is 0 Å². The van der Waals surface area contributed by atoms with Crippen molar-refractivity contribution in [1.82, 2.24) is 0 Å². The van der Waals surface area contributed by atoms with Gasteiger partial charge in [-0.25, -0.2) is 0 Å². The minimum absolute atomic E-state index is 0.463. The Morgan fingerprint density at radius 1 is 0.320 bits per heavy atom. The zero-order chi connectivity index (χ0) is 32.6. The molecule has 1 heterocycles. The summed E-state index contributed by atoms with van der Waals surface area (Å²) in [6, 6.07) is 64.2. The maximum atomic E-state index is 2.43. The molecule has 50 heavy (non-hydrogen) atoms. The highest BCUT2D eigenvalue weighted by Crippen LogP contribution is 2.66. The fraction of sp³-hybridized carbons (Fsp3) is 0.0204. The average Bonchev–Trinajstić information content (AvgIpc) is 3.66. The highest BCUT2D eigenvalue weighted by atomic mass is 32.2. The molecule has 1 aliphatic heterocycles. The van der Waals surface area contributed by atoms with Gasteiger partial charge >= 0.3 is 0 Å². The molecule has 0 unspecified atom stereocenters. The second-order valence-corrected chi connectivity index (χ2v) is 15.0. The number of fused-ring (bicyclic) bond motifs is 16. The fourth-order valence-corrected chi connectivity index (χ4v) is 11.0. The summed E-state index contributed by atoms with van der Waals surface area (Å²) >= 11 is 1.89. The maximum Gasteiger partial charge on any atom is 0.0737 e. The Bertz CT molecular complexity index is 2880. The van der Waals surface area contributed by atoms with Crippen LogP contribution in [-0.2, 0) is 5.41 Å². The van der Waals surface area contributed by atoms with Crippen molar-refractivity contribution in [3.8, 4) is 44.5 Å². The quantitative estimate of drug-likeness (QED) is 0.171. The van der Waals surface area contributed by atoms with E-state index in [1.54, 1.807) is 0 Å². The number of benzene rings is 9. The zero-order valence-corrected chi connectivity index (χ0v) is 27.9. The van der Waals surface area contributed by atoms with Crippen molar-refractivity contribution in [2.75, 3.05) is 0 Å². The second-order valence-electron chi connectivity index (χ2n) is 13.9. The van der Waals surface area contributed by atoms with Gasteiger partial charge in [-0.15, -0.1) is 0 Å². The molecule has 0 fully saturated rings. The van der Waals surface area contributed by atoms with E-state index in [2.05, 4.69) is 170 Å². The minimum atomic E-state index is -0.463. The summed E-state index contributed by atoms with van der Waals surface area (Å²) in [7, 11) is 0. The molecule has 0 atom stereocenters. The fourth-order valence-electron chi connectivity index (χ4n) is 9.83. The molecule has 1 spiro atoms. The third-order valence-electron chi connectivity index (χ3n) is 11.7. The van der Waals surface area contributed by atoms with E-state index in [4.69, 9.17) is 0 Å². The lowest BCUT2D eigenvalue weighted by Gasteiger charge is -2.32. The molecule has 0 bridgehead atoms. The molecule has 0 nitrogen and oxygen atoms in total. The smallest absolute Gasteiger partial charge is 0.0737 e. The van der Waals surface area contributed by atoms with Crippen LogP contribution < -0.4 is 0 Å². The zero-order valence-electron chi connectivity index (χ0n) is 27.1. The van der Waals surface area contributed by atoms with Crippen molar-refractivity contribution in [1.29, 1.82) is 0 Å². The summed E-state index contributed by atoms with van der Waals surface area (Å²) in [6.07, 6.45) is 0. The molecular formula is C49H28S. The van der Waals surface area contributed by atoms with Crippen LogP contribution in [0.4, 0.5) is 0 Å². The van der Waals surface area contributed by atoms with Gasteiger partial charge in [0.15, 0.2) is 0 Å². The van der Waals surface area contributed by atoms with Gasteiger partial charge in [-0.2, -0.15) is 0 Å². The molecular weight excluding hydrogens is 621 g/mol. The molecule has 3 aliphatic rings. The Balaban J connectivity index is 1.24. The van der Waals surface area contributed by atoms with E-state index in [1.165, 1.54) is 109 Å². The molecule has 0 radical (unpaired) electrons. The van der Waals surface area contributed by atoms with Gasteiger partial charge in [0.05, 0.1) is 5.41 Å². The van der Waals surface area contributed by atoms with Crippen LogP contribution in [0.15, 0.2) is 180 Å². The van der Waals surface area contributed by atoms with E-state index >= 15 is 0 Å². The van der Waals surface area contributed by atoms with Gasteiger partial charge in [0.1, 0.15) is 0 Å². The average molecular weight is 649 g/mol. The molecule has 230 valence electrons. The van der Waals surface area contributed by atoms with Crippen LogP contribution in [0.3, 0.4) is 0 Å². The predicted molar refractivity (Wildman–Crippen MR) is 210 cm³/mol. The minimum Gasteiger partial charge on any atom is -0.0888 e. The summed E-state index contributed by atoms with van der Waals surface area (Å²) in [4.78, 5) is 2.66. The summed E-state index contributed by atoms with van der Waals surface area (Å²) in [5, 5.41) is 7.90. The molecule has 0 amide bonds. The first kappa shape index (κ1) is 27.0. The highest BCUT2D eigenvalue weighted by Gasteiger charge is 2.53. The predicted octanol–water partition coefficient (Wildman–Crippen LogP) is 13.3. The Kier molecular flexibility index (Phi) is 5.20. The molecule has 0 saturated carbocycles. The lowest BCUT2D eigenvalue weighted by molar-refractivity contribution is 0.809. The Hall–Kier alpha value is -5.89. The SMILES string of the molecule is c1ccc2c(c1)Sc1ccc(-c3cccc4c3-c3ccccc3C43c4c(ccc5ccccc45)-c4ccc5ccccc5c43)c3cccc-2c13. The van der Waals surface area contributed by atoms with Gasteiger partial charge in [-0.05, 0) is 106 Å². The molecule has 2 aliphatic carbocycles. The normalized spacial score (nSPS) is 14.1.